The van der Waals surface area contributed by atoms with Crippen LogP contribution in [0.4, 0.5) is 10.5 Å². The van der Waals surface area contributed by atoms with E-state index in [-0.39, 0.29) is 31.5 Å². The number of carbonyl (C=O) groups excluding carboxylic acids is 3. The number of nitrogens with zero attached hydrogens (tertiary/aromatic N) is 2. The Morgan fingerprint density at radius 1 is 0.957 bits per heavy atom. The van der Waals surface area contributed by atoms with E-state index in [4.69, 9.17) is 10.5 Å². The fourth-order valence-corrected chi connectivity index (χ4v) is 5.53. The van der Waals surface area contributed by atoms with Crippen molar-refractivity contribution in [3.8, 4) is 0 Å². The molecule has 12 nitrogen and oxygen atoms in total. The Bertz CT molecular complexity index is 1590. The number of hydrogen-bond donors (Lipinski definition) is 5. The number of ether oxygens (including phenoxy) is 1. The van der Waals surface area contributed by atoms with Gasteiger partial charge in [-0.1, -0.05) is 87.0 Å². The van der Waals surface area contributed by atoms with E-state index in [9.17, 15) is 29.4 Å². The quantitative estimate of drug-likeness (QED) is 0.175. The molecule has 3 aromatic rings. The Labute approximate surface area is 274 Å². The zero-order chi connectivity index (χ0) is 34.1. The standard InChI is InChI=1S/C35H43N5O7/c1-4-22(2)32(30(41)18-31(42)43)38-33(44)28(37-35(46)47-20-24-11-6-5-7-12-24)17-26-19-39(34(45)23(3)36)21-40(26)29-16-10-14-25-13-8-9-15-27(25)29/h5-16,19,22-23,28,30,32,41H,4,17-18,20-21,36H2,1-3H3,(H,37,46)(H,38,44)(H,42,43)/t22?,23-,28-,30-,32-/m0/s1. The molecule has 5 atom stereocenters. The Morgan fingerprint density at radius 3 is 2.32 bits per heavy atom. The van der Waals surface area contributed by atoms with Crippen LogP contribution in [0.1, 0.15) is 45.6 Å². The first kappa shape index (κ1) is 34.9. The molecule has 0 aromatic heterocycles. The van der Waals surface area contributed by atoms with E-state index < -0.39 is 48.6 Å². The van der Waals surface area contributed by atoms with Crippen LogP contribution in [-0.4, -0.2) is 69.9 Å². The number of aliphatic carboxylic acids is 1. The summed E-state index contributed by atoms with van der Waals surface area (Å²) < 4.78 is 5.44. The molecule has 0 saturated carbocycles. The van der Waals surface area contributed by atoms with Gasteiger partial charge in [0.2, 0.25) is 11.8 Å². The van der Waals surface area contributed by atoms with E-state index in [2.05, 4.69) is 10.6 Å². The minimum absolute atomic E-state index is 0.0324. The molecule has 47 heavy (non-hydrogen) atoms. The number of carbonyl (C=O) groups is 4. The third kappa shape index (κ3) is 9.08. The minimum atomic E-state index is -1.37. The van der Waals surface area contributed by atoms with Crippen LogP contribution >= 0.6 is 0 Å². The van der Waals surface area contributed by atoms with Crippen LogP contribution in [0.5, 0.6) is 0 Å². The minimum Gasteiger partial charge on any atom is -0.481 e. The van der Waals surface area contributed by atoms with E-state index in [1.165, 1.54) is 4.90 Å². The predicted octanol–water partition coefficient (Wildman–Crippen LogP) is 3.69. The summed E-state index contributed by atoms with van der Waals surface area (Å²) in [4.78, 5) is 54.9. The maximum Gasteiger partial charge on any atom is 0.408 e. The molecule has 4 rings (SSSR count). The lowest BCUT2D eigenvalue weighted by Gasteiger charge is -2.31. The number of alkyl carbamates (subject to hydrolysis) is 1. The van der Waals surface area contributed by atoms with Gasteiger partial charge in [0.25, 0.3) is 0 Å². The Morgan fingerprint density at radius 2 is 1.64 bits per heavy atom. The molecular weight excluding hydrogens is 602 g/mol. The van der Waals surface area contributed by atoms with Crippen molar-refractivity contribution in [2.24, 2.45) is 11.7 Å². The monoisotopic (exact) mass is 645 g/mol. The lowest BCUT2D eigenvalue weighted by molar-refractivity contribution is -0.140. The number of aliphatic hydroxyl groups excluding tert-OH is 1. The number of rotatable bonds is 14. The Hall–Kier alpha value is -4.94. The van der Waals surface area contributed by atoms with Crippen molar-refractivity contribution in [2.75, 3.05) is 11.6 Å². The van der Waals surface area contributed by atoms with Crippen molar-refractivity contribution in [1.82, 2.24) is 15.5 Å². The van der Waals surface area contributed by atoms with Gasteiger partial charge in [-0.3, -0.25) is 19.3 Å². The number of nitrogens with two attached hydrogens (primary N) is 1. The normalized spacial score (nSPS) is 16.1. The summed E-state index contributed by atoms with van der Waals surface area (Å²) in [6.07, 6.45) is -0.682. The first-order valence-corrected chi connectivity index (χ1v) is 15.7. The second kappa shape index (κ2) is 16.1. The largest absolute Gasteiger partial charge is 0.481 e. The summed E-state index contributed by atoms with van der Waals surface area (Å²) in [5, 5.41) is 27.4. The SMILES string of the molecule is CCC(C)[C@H](NC(=O)[C@H](CC1=CN(C(=O)[C@H](C)N)CN1c1cccc2ccccc12)NC(=O)OCc1ccccc1)[C@@H](O)CC(=O)O. The molecule has 0 spiro atoms. The van der Waals surface area contributed by atoms with Crippen molar-refractivity contribution in [1.29, 1.82) is 0 Å². The van der Waals surface area contributed by atoms with Gasteiger partial charge < -0.3 is 36.2 Å². The summed E-state index contributed by atoms with van der Waals surface area (Å²) in [5.74, 6) is -2.46. The van der Waals surface area contributed by atoms with Crippen LogP contribution < -0.4 is 21.3 Å². The number of carboxylic acid groups (broad SMARTS) is 1. The van der Waals surface area contributed by atoms with Gasteiger partial charge in [-0.15, -0.1) is 0 Å². The highest BCUT2D eigenvalue weighted by Gasteiger charge is 2.35. The molecule has 0 saturated heterocycles. The van der Waals surface area contributed by atoms with E-state index in [1.807, 2.05) is 72.5 Å². The molecule has 1 aliphatic heterocycles. The van der Waals surface area contributed by atoms with Crippen molar-refractivity contribution in [3.63, 3.8) is 0 Å². The maximum absolute atomic E-state index is 14.0. The summed E-state index contributed by atoms with van der Waals surface area (Å²) in [5.41, 5.74) is 8.04. The molecule has 0 bridgehead atoms. The Balaban J connectivity index is 1.67. The summed E-state index contributed by atoms with van der Waals surface area (Å²) in [6.45, 7) is 5.35. The molecule has 3 amide bonds. The average molecular weight is 646 g/mol. The third-order valence-corrected chi connectivity index (χ3v) is 8.27. The van der Waals surface area contributed by atoms with Gasteiger partial charge in [-0.05, 0) is 29.9 Å². The van der Waals surface area contributed by atoms with Crippen LogP contribution in [0.15, 0.2) is 84.7 Å². The number of benzene rings is 3. The van der Waals surface area contributed by atoms with Crippen LogP contribution in [0.2, 0.25) is 0 Å². The fraction of sp³-hybridized carbons (Fsp3) is 0.371. The number of carboxylic acids is 1. The van der Waals surface area contributed by atoms with Crippen LogP contribution in [0, 0.1) is 5.92 Å². The van der Waals surface area contributed by atoms with E-state index in [0.717, 1.165) is 22.0 Å². The molecule has 1 heterocycles. The number of anilines is 1. The van der Waals surface area contributed by atoms with Crippen LogP contribution in [-0.2, 0) is 25.7 Å². The zero-order valence-electron chi connectivity index (χ0n) is 26.8. The van der Waals surface area contributed by atoms with Crippen LogP contribution in [0.3, 0.4) is 0 Å². The molecule has 250 valence electrons. The molecule has 1 unspecified atom stereocenters. The number of amides is 3. The second-order valence-electron chi connectivity index (χ2n) is 11.8. The average Bonchev–Trinajstić information content (AvgIpc) is 3.48. The highest BCUT2D eigenvalue weighted by atomic mass is 16.5. The summed E-state index contributed by atoms with van der Waals surface area (Å²) in [7, 11) is 0. The predicted molar refractivity (Wildman–Crippen MR) is 178 cm³/mol. The fourth-order valence-electron chi connectivity index (χ4n) is 5.53. The number of aliphatic hydroxyl groups is 1. The first-order valence-electron chi connectivity index (χ1n) is 15.7. The van der Waals surface area contributed by atoms with E-state index in [0.29, 0.717) is 12.1 Å². The third-order valence-electron chi connectivity index (χ3n) is 8.27. The highest BCUT2D eigenvalue weighted by Crippen LogP contribution is 2.34. The summed E-state index contributed by atoms with van der Waals surface area (Å²) >= 11 is 0. The molecule has 1 aliphatic rings. The molecule has 3 aromatic carbocycles. The van der Waals surface area contributed by atoms with E-state index >= 15 is 0 Å². The number of nitrogens with one attached hydrogen (secondary N) is 2. The van der Waals surface area contributed by atoms with Gasteiger partial charge in [0, 0.05) is 23.7 Å². The van der Waals surface area contributed by atoms with Gasteiger partial charge in [0.15, 0.2) is 0 Å². The van der Waals surface area contributed by atoms with Crippen molar-refractivity contribution < 1.29 is 34.1 Å². The van der Waals surface area contributed by atoms with Gasteiger partial charge in [0.1, 0.15) is 19.3 Å². The highest BCUT2D eigenvalue weighted by molar-refractivity contribution is 5.96. The van der Waals surface area contributed by atoms with E-state index in [1.54, 1.807) is 32.2 Å². The molecule has 0 fully saturated rings. The van der Waals surface area contributed by atoms with Gasteiger partial charge in [-0.2, -0.15) is 0 Å². The van der Waals surface area contributed by atoms with Gasteiger partial charge in [0.05, 0.1) is 30.3 Å². The molecule has 6 N–H and O–H groups in total. The lowest BCUT2D eigenvalue weighted by atomic mass is 9.92. The molecule has 0 aliphatic carbocycles. The van der Waals surface area contributed by atoms with Crippen molar-refractivity contribution in [3.05, 3.63) is 90.3 Å². The molecular formula is C35H43N5O7. The maximum atomic E-state index is 14.0. The second-order valence-corrected chi connectivity index (χ2v) is 11.8. The zero-order valence-corrected chi connectivity index (χ0v) is 26.8. The van der Waals surface area contributed by atoms with Crippen molar-refractivity contribution >= 4 is 40.3 Å². The number of hydrogen-bond acceptors (Lipinski definition) is 8. The summed E-state index contributed by atoms with van der Waals surface area (Å²) in [6, 6.07) is 19.7. The topological polar surface area (TPSA) is 175 Å². The van der Waals surface area contributed by atoms with Gasteiger partial charge >= 0.3 is 12.1 Å². The number of fused-ring (bicyclic) bond motifs is 1. The molecule has 12 heteroatoms. The lowest BCUT2D eigenvalue weighted by Crippen LogP contribution is -2.55. The smallest absolute Gasteiger partial charge is 0.408 e. The van der Waals surface area contributed by atoms with Crippen molar-refractivity contribution in [2.45, 2.75) is 70.9 Å². The van der Waals surface area contributed by atoms with Crippen LogP contribution in [0.25, 0.3) is 10.8 Å². The van der Waals surface area contributed by atoms with Gasteiger partial charge in [-0.25, -0.2) is 4.79 Å². The Kier molecular flexibility index (Phi) is 11.9. The first-order chi connectivity index (χ1) is 22.5. The molecule has 0 radical (unpaired) electrons.